The zero-order valence-corrected chi connectivity index (χ0v) is 16.7. The third-order valence-corrected chi connectivity index (χ3v) is 5.09. The highest BCUT2D eigenvalue weighted by Crippen LogP contribution is 2.23. The van der Waals surface area contributed by atoms with Crippen molar-refractivity contribution in [1.29, 1.82) is 5.26 Å². The van der Waals surface area contributed by atoms with Crippen molar-refractivity contribution in [2.24, 2.45) is 0 Å². The lowest BCUT2D eigenvalue weighted by Gasteiger charge is -2.07. The molecule has 0 bridgehead atoms. The van der Waals surface area contributed by atoms with Gasteiger partial charge in [-0.25, -0.2) is 4.79 Å². The molecule has 3 heterocycles. The molecule has 0 N–H and O–H groups in total. The van der Waals surface area contributed by atoms with E-state index in [1.807, 2.05) is 43.5 Å². The fraction of sp³-hybridized carbons (Fsp3) is 0.300. The average Bonchev–Trinajstić information content (AvgIpc) is 3.42. The van der Waals surface area contributed by atoms with E-state index in [-0.39, 0.29) is 18.0 Å². The Labute approximate surface area is 166 Å². The van der Waals surface area contributed by atoms with E-state index < -0.39 is 5.97 Å². The molecule has 8 heteroatoms. The Morgan fingerprint density at radius 3 is 2.96 bits per heavy atom. The molecule has 0 fully saturated rings. The number of ether oxygens (including phenoxy) is 1. The van der Waals surface area contributed by atoms with Gasteiger partial charge in [-0.1, -0.05) is 18.1 Å². The fourth-order valence-corrected chi connectivity index (χ4v) is 3.50. The normalized spacial score (nSPS) is 11.4. The van der Waals surface area contributed by atoms with Gasteiger partial charge in [0.1, 0.15) is 11.6 Å². The molecule has 0 atom stereocenters. The molecule has 0 aliphatic heterocycles. The van der Waals surface area contributed by atoms with E-state index in [0.717, 1.165) is 34.8 Å². The van der Waals surface area contributed by atoms with Crippen LogP contribution in [0, 0.1) is 25.2 Å². The highest BCUT2D eigenvalue weighted by atomic mass is 32.1. The van der Waals surface area contributed by atoms with Crippen molar-refractivity contribution < 1.29 is 14.1 Å². The first-order valence-corrected chi connectivity index (χ1v) is 9.73. The molecule has 28 heavy (non-hydrogen) atoms. The second-order valence-electron chi connectivity index (χ2n) is 6.22. The van der Waals surface area contributed by atoms with E-state index in [2.05, 4.69) is 21.6 Å². The van der Waals surface area contributed by atoms with Crippen molar-refractivity contribution in [2.45, 2.75) is 40.3 Å². The van der Waals surface area contributed by atoms with Crippen LogP contribution in [0.4, 0.5) is 0 Å². The number of aryl methyl sites for hydroxylation is 1. The van der Waals surface area contributed by atoms with Crippen molar-refractivity contribution in [1.82, 2.24) is 14.7 Å². The molecular formula is C20H20N4O3S. The fourth-order valence-electron chi connectivity index (χ4n) is 2.85. The second-order valence-corrected chi connectivity index (χ2v) is 7.16. The van der Waals surface area contributed by atoms with Gasteiger partial charge < -0.3 is 13.8 Å². The number of nitriles is 1. The SMILES string of the molecule is CCCn1c(C)cc(/C=C(\C#N)C(=O)OCc2noc(-c3cccs3)n2)c1C. The third kappa shape index (κ3) is 4.21. The Balaban J connectivity index is 1.70. The Morgan fingerprint density at radius 2 is 2.29 bits per heavy atom. The van der Waals surface area contributed by atoms with Crippen LogP contribution in [-0.4, -0.2) is 20.7 Å². The minimum Gasteiger partial charge on any atom is -0.453 e. The smallest absolute Gasteiger partial charge is 0.349 e. The zero-order chi connectivity index (χ0) is 20.1. The average molecular weight is 396 g/mol. The summed E-state index contributed by atoms with van der Waals surface area (Å²) >= 11 is 1.47. The lowest BCUT2D eigenvalue weighted by Crippen LogP contribution is -2.08. The van der Waals surface area contributed by atoms with Gasteiger partial charge in [0.05, 0.1) is 4.88 Å². The number of nitrogens with zero attached hydrogens (tertiary/aromatic N) is 4. The molecule has 0 radical (unpaired) electrons. The van der Waals surface area contributed by atoms with E-state index in [0.29, 0.717) is 5.89 Å². The maximum absolute atomic E-state index is 12.3. The minimum absolute atomic E-state index is 0.0706. The topological polar surface area (TPSA) is 93.9 Å². The number of carbonyl (C=O) groups excluding carboxylic acids is 1. The van der Waals surface area contributed by atoms with Crippen LogP contribution in [0.15, 0.2) is 33.7 Å². The first-order chi connectivity index (χ1) is 13.5. The number of thiophene rings is 1. The Hall–Kier alpha value is -3.18. The summed E-state index contributed by atoms with van der Waals surface area (Å²) in [7, 11) is 0. The monoisotopic (exact) mass is 396 g/mol. The van der Waals surface area contributed by atoms with Crippen molar-refractivity contribution >= 4 is 23.4 Å². The first-order valence-electron chi connectivity index (χ1n) is 8.85. The van der Waals surface area contributed by atoms with Gasteiger partial charge in [-0.15, -0.1) is 11.3 Å². The number of rotatable bonds is 7. The molecule has 3 aromatic rings. The number of esters is 1. The van der Waals surface area contributed by atoms with E-state index in [9.17, 15) is 10.1 Å². The minimum atomic E-state index is -0.717. The lowest BCUT2D eigenvalue weighted by atomic mass is 10.1. The van der Waals surface area contributed by atoms with Crippen molar-refractivity contribution in [2.75, 3.05) is 0 Å². The Bertz CT molecular complexity index is 1040. The number of hydrogen-bond donors (Lipinski definition) is 0. The van der Waals surface area contributed by atoms with Gasteiger partial charge in [0.15, 0.2) is 6.61 Å². The van der Waals surface area contributed by atoms with Gasteiger partial charge in [-0.2, -0.15) is 10.2 Å². The standard InChI is InChI=1S/C20H20N4O3S/c1-4-7-24-13(2)9-15(14(24)3)10-16(11-21)20(25)26-12-18-22-19(27-23-18)17-6-5-8-28-17/h5-6,8-10H,4,7,12H2,1-3H3/b16-10+. The molecule has 3 rings (SSSR count). The predicted octanol–water partition coefficient (Wildman–Crippen LogP) is 4.28. The second kappa shape index (κ2) is 8.67. The molecule has 0 saturated heterocycles. The summed E-state index contributed by atoms with van der Waals surface area (Å²) in [4.78, 5) is 17.3. The molecule has 0 amide bonds. The van der Waals surface area contributed by atoms with Gasteiger partial charge in [-0.05, 0) is 49.4 Å². The summed E-state index contributed by atoms with van der Waals surface area (Å²) in [6.45, 7) is 6.81. The summed E-state index contributed by atoms with van der Waals surface area (Å²) in [6.07, 6.45) is 2.56. The Morgan fingerprint density at radius 1 is 1.46 bits per heavy atom. The summed E-state index contributed by atoms with van der Waals surface area (Å²) < 4.78 is 12.5. The quantitative estimate of drug-likeness (QED) is 0.336. The summed E-state index contributed by atoms with van der Waals surface area (Å²) in [6, 6.07) is 7.62. The first kappa shape index (κ1) is 19.6. The van der Waals surface area contributed by atoms with Gasteiger partial charge in [-0.3, -0.25) is 0 Å². The number of aromatic nitrogens is 3. The lowest BCUT2D eigenvalue weighted by molar-refractivity contribution is -0.139. The van der Waals surface area contributed by atoms with Crippen LogP contribution in [0.25, 0.3) is 16.8 Å². The van der Waals surface area contributed by atoms with E-state index in [1.54, 1.807) is 6.08 Å². The maximum atomic E-state index is 12.3. The third-order valence-electron chi connectivity index (χ3n) is 4.23. The van der Waals surface area contributed by atoms with Crippen LogP contribution in [0.5, 0.6) is 0 Å². The van der Waals surface area contributed by atoms with Crippen LogP contribution >= 0.6 is 11.3 Å². The molecule has 0 aliphatic rings. The molecule has 0 aliphatic carbocycles. The summed E-state index contributed by atoms with van der Waals surface area (Å²) in [5.41, 5.74) is 2.86. The summed E-state index contributed by atoms with van der Waals surface area (Å²) in [5, 5.41) is 15.1. The highest BCUT2D eigenvalue weighted by Gasteiger charge is 2.16. The van der Waals surface area contributed by atoms with E-state index in [4.69, 9.17) is 9.26 Å². The molecular weight excluding hydrogens is 376 g/mol. The van der Waals surface area contributed by atoms with Gasteiger partial charge in [0.2, 0.25) is 5.82 Å². The molecule has 0 spiro atoms. The van der Waals surface area contributed by atoms with Crippen LogP contribution in [0.1, 0.15) is 36.1 Å². The molecule has 0 unspecified atom stereocenters. The molecule has 7 nitrogen and oxygen atoms in total. The highest BCUT2D eigenvalue weighted by molar-refractivity contribution is 7.13. The largest absolute Gasteiger partial charge is 0.453 e. The number of carbonyl (C=O) groups is 1. The van der Waals surface area contributed by atoms with E-state index >= 15 is 0 Å². The van der Waals surface area contributed by atoms with Crippen LogP contribution in [0.2, 0.25) is 0 Å². The molecule has 144 valence electrons. The van der Waals surface area contributed by atoms with Crippen molar-refractivity contribution in [3.05, 3.63) is 51.9 Å². The van der Waals surface area contributed by atoms with Gasteiger partial charge in [0, 0.05) is 17.9 Å². The van der Waals surface area contributed by atoms with Crippen molar-refractivity contribution in [3.63, 3.8) is 0 Å². The van der Waals surface area contributed by atoms with Crippen LogP contribution in [0.3, 0.4) is 0 Å². The van der Waals surface area contributed by atoms with E-state index in [1.165, 1.54) is 11.3 Å². The maximum Gasteiger partial charge on any atom is 0.349 e. The van der Waals surface area contributed by atoms with Crippen LogP contribution < -0.4 is 0 Å². The number of hydrogen-bond acceptors (Lipinski definition) is 7. The Kier molecular flexibility index (Phi) is 6.06. The molecule has 0 aromatic carbocycles. The molecule has 0 saturated carbocycles. The van der Waals surface area contributed by atoms with Crippen LogP contribution in [-0.2, 0) is 22.7 Å². The summed E-state index contributed by atoms with van der Waals surface area (Å²) in [5.74, 6) is -0.0964. The van der Waals surface area contributed by atoms with Gasteiger partial charge in [0.25, 0.3) is 5.89 Å². The van der Waals surface area contributed by atoms with Gasteiger partial charge >= 0.3 is 5.97 Å². The molecule has 3 aromatic heterocycles. The predicted molar refractivity (Wildman–Crippen MR) is 105 cm³/mol. The van der Waals surface area contributed by atoms with Crippen molar-refractivity contribution in [3.8, 4) is 16.8 Å². The zero-order valence-electron chi connectivity index (χ0n) is 15.9.